The van der Waals surface area contributed by atoms with Gasteiger partial charge >= 0.3 is 5.97 Å². The van der Waals surface area contributed by atoms with Gasteiger partial charge in [-0.2, -0.15) is 0 Å². The number of thiophene rings is 1. The van der Waals surface area contributed by atoms with Crippen molar-refractivity contribution in [1.82, 2.24) is 19.9 Å². The summed E-state index contributed by atoms with van der Waals surface area (Å²) in [5, 5.41) is 13.1. The summed E-state index contributed by atoms with van der Waals surface area (Å²) in [5.74, 6) is -0.891. The zero-order chi connectivity index (χ0) is 27.3. The number of nitrogens with zero attached hydrogens (tertiary/aromatic N) is 2. The minimum atomic E-state index is -1.23. The van der Waals surface area contributed by atoms with E-state index >= 15 is 0 Å². The van der Waals surface area contributed by atoms with Crippen LogP contribution in [0.4, 0.5) is 0 Å². The van der Waals surface area contributed by atoms with Crippen molar-refractivity contribution in [2.45, 2.75) is 56.7 Å². The van der Waals surface area contributed by atoms with Gasteiger partial charge < -0.3 is 30.4 Å². The molecule has 39 heavy (non-hydrogen) atoms. The molecule has 2 atom stereocenters. The maximum Gasteiger partial charge on any atom is 0.341 e. The predicted octanol–water partition coefficient (Wildman–Crippen LogP) is 3.56. The summed E-state index contributed by atoms with van der Waals surface area (Å²) >= 11 is 1.65. The van der Waals surface area contributed by atoms with Crippen molar-refractivity contribution in [3.05, 3.63) is 68.8 Å². The summed E-state index contributed by atoms with van der Waals surface area (Å²) in [4.78, 5) is 46.9. The normalized spacial score (nSPS) is 17.5. The Morgan fingerprint density at radius 2 is 2.15 bits per heavy atom. The molecule has 202 valence electrons. The van der Waals surface area contributed by atoms with E-state index in [1.807, 2.05) is 10.6 Å². The third kappa shape index (κ3) is 4.61. The zero-order valence-electron chi connectivity index (χ0n) is 21.4. The summed E-state index contributed by atoms with van der Waals surface area (Å²) in [5.41, 5.74) is 8.77. The number of rotatable bonds is 8. The van der Waals surface area contributed by atoms with Crippen molar-refractivity contribution < 1.29 is 19.4 Å². The third-order valence-corrected chi connectivity index (χ3v) is 8.79. The number of carbonyl (C=O) groups is 2. The molecule has 5 N–H and O–H groups in total. The first kappa shape index (κ1) is 25.3. The summed E-state index contributed by atoms with van der Waals surface area (Å²) in [6.45, 7) is 0. The molecule has 1 saturated carbocycles. The number of aromatic amines is 1. The minimum absolute atomic E-state index is 0.137. The molecule has 10 nitrogen and oxygen atoms in total. The van der Waals surface area contributed by atoms with E-state index in [-0.39, 0.29) is 23.6 Å². The summed E-state index contributed by atoms with van der Waals surface area (Å²) in [7, 11) is 1.57. The molecule has 2 aliphatic rings. The van der Waals surface area contributed by atoms with Crippen molar-refractivity contribution in [3.8, 4) is 16.2 Å². The first-order chi connectivity index (χ1) is 18.9. The van der Waals surface area contributed by atoms with Gasteiger partial charge in [0.25, 0.3) is 0 Å². The van der Waals surface area contributed by atoms with Crippen LogP contribution in [0.25, 0.3) is 21.3 Å². The fourth-order valence-corrected chi connectivity index (χ4v) is 6.74. The largest absolute Gasteiger partial charge is 0.494 e. The van der Waals surface area contributed by atoms with E-state index in [0.717, 1.165) is 53.8 Å². The number of hydrogen-bond donors (Lipinski definition) is 4. The Bertz CT molecular complexity index is 1640. The fraction of sp³-hybridized carbons (Fsp3) is 0.357. The SMILES string of the molecule is COc1c(-c2cc3c(s2)CCCC3NC(=O)[C@H](N)Cc2cnc[nH]2)ccc2c(=O)c(C(=O)O)cn(C3CC3)c12. The molecule has 0 aliphatic heterocycles. The monoisotopic (exact) mass is 547 g/mol. The van der Waals surface area contributed by atoms with Gasteiger partial charge in [0, 0.05) is 45.9 Å². The highest BCUT2D eigenvalue weighted by Gasteiger charge is 2.31. The van der Waals surface area contributed by atoms with Crippen molar-refractivity contribution >= 4 is 34.1 Å². The van der Waals surface area contributed by atoms with Gasteiger partial charge in [0.1, 0.15) is 5.56 Å². The van der Waals surface area contributed by atoms with Crippen LogP contribution < -0.4 is 21.2 Å². The van der Waals surface area contributed by atoms with Crippen molar-refractivity contribution in [1.29, 1.82) is 0 Å². The van der Waals surface area contributed by atoms with Crippen LogP contribution in [0.15, 0.2) is 41.7 Å². The van der Waals surface area contributed by atoms with E-state index < -0.39 is 17.4 Å². The molecule has 3 heterocycles. The Morgan fingerprint density at radius 3 is 2.85 bits per heavy atom. The van der Waals surface area contributed by atoms with Crippen molar-refractivity contribution in [2.24, 2.45) is 5.73 Å². The van der Waals surface area contributed by atoms with Crippen LogP contribution in [0.2, 0.25) is 0 Å². The molecule has 1 unspecified atom stereocenters. The number of hydrogen-bond acceptors (Lipinski definition) is 7. The highest BCUT2D eigenvalue weighted by Crippen LogP contribution is 2.46. The van der Waals surface area contributed by atoms with Gasteiger partial charge in [0.2, 0.25) is 11.3 Å². The number of fused-ring (bicyclic) bond motifs is 2. The number of aryl methyl sites for hydroxylation is 1. The zero-order valence-corrected chi connectivity index (χ0v) is 22.2. The quantitative estimate of drug-likeness (QED) is 0.263. The van der Waals surface area contributed by atoms with E-state index in [9.17, 15) is 19.5 Å². The molecule has 11 heteroatoms. The van der Waals surface area contributed by atoms with Crippen LogP contribution in [0.3, 0.4) is 0 Å². The van der Waals surface area contributed by atoms with Crippen LogP contribution >= 0.6 is 11.3 Å². The Balaban J connectivity index is 1.36. The number of carboxylic acids is 1. The van der Waals surface area contributed by atoms with E-state index in [2.05, 4.69) is 21.4 Å². The molecule has 0 saturated heterocycles. The Labute approximate surface area is 227 Å². The molecular formula is C28H29N5O5S. The Hall–Kier alpha value is -3.96. The summed E-state index contributed by atoms with van der Waals surface area (Å²) in [6, 6.07) is 4.93. The third-order valence-electron chi connectivity index (χ3n) is 7.55. The fourth-order valence-electron chi connectivity index (χ4n) is 5.45. The second-order valence-electron chi connectivity index (χ2n) is 10.2. The number of ether oxygens (including phenoxy) is 1. The van der Waals surface area contributed by atoms with Crippen molar-refractivity contribution in [3.63, 3.8) is 0 Å². The average Bonchev–Trinajstić information content (AvgIpc) is 3.45. The molecule has 6 rings (SSSR count). The maximum absolute atomic E-state index is 13.0. The van der Waals surface area contributed by atoms with Gasteiger partial charge in [0.05, 0.1) is 36.4 Å². The second-order valence-corrected chi connectivity index (χ2v) is 11.3. The molecule has 1 aromatic carbocycles. The smallest absolute Gasteiger partial charge is 0.341 e. The highest BCUT2D eigenvalue weighted by molar-refractivity contribution is 7.15. The van der Waals surface area contributed by atoms with E-state index in [1.54, 1.807) is 37.0 Å². The van der Waals surface area contributed by atoms with Gasteiger partial charge in [0.15, 0.2) is 5.75 Å². The van der Waals surface area contributed by atoms with Gasteiger partial charge in [-0.3, -0.25) is 9.59 Å². The molecule has 0 radical (unpaired) electrons. The molecule has 0 spiro atoms. The lowest BCUT2D eigenvalue weighted by atomic mass is 9.92. The molecule has 2 aliphatic carbocycles. The Morgan fingerprint density at radius 1 is 1.33 bits per heavy atom. The lowest BCUT2D eigenvalue weighted by molar-refractivity contribution is -0.123. The second kappa shape index (κ2) is 9.97. The van der Waals surface area contributed by atoms with Gasteiger partial charge in [-0.05, 0) is 55.9 Å². The molecule has 1 amide bonds. The van der Waals surface area contributed by atoms with Crippen LogP contribution in [-0.4, -0.2) is 44.7 Å². The average molecular weight is 548 g/mol. The topological polar surface area (TPSA) is 152 Å². The van der Waals surface area contributed by atoms with Crippen LogP contribution in [0, 0.1) is 0 Å². The van der Waals surface area contributed by atoms with E-state index in [0.29, 0.717) is 23.1 Å². The summed E-state index contributed by atoms with van der Waals surface area (Å²) in [6.07, 6.45) is 9.58. The number of nitrogens with one attached hydrogen (secondary N) is 2. The molecule has 0 bridgehead atoms. The maximum atomic E-state index is 13.0. The van der Waals surface area contributed by atoms with Crippen LogP contribution in [0.1, 0.15) is 64.3 Å². The molecule has 3 aromatic heterocycles. The lowest BCUT2D eigenvalue weighted by Crippen LogP contribution is -2.44. The molecular weight excluding hydrogens is 518 g/mol. The number of imidazole rings is 1. The predicted molar refractivity (Wildman–Crippen MR) is 147 cm³/mol. The van der Waals surface area contributed by atoms with E-state index in [1.165, 1.54) is 11.1 Å². The van der Waals surface area contributed by atoms with E-state index in [4.69, 9.17) is 10.5 Å². The van der Waals surface area contributed by atoms with Crippen LogP contribution in [-0.2, 0) is 17.6 Å². The number of carboxylic acid groups (broad SMARTS) is 1. The number of amides is 1. The van der Waals surface area contributed by atoms with Gasteiger partial charge in [-0.15, -0.1) is 11.3 Å². The number of pyridine rings is 1. The van der Waals surface area contributed by atoms with Gasteiger partial charge in [-0.25, -0.2) is 9.78 Å². The molecule has 1 fully saturated rings. The molecule has 4 aromatic rings. The number of methoxy groups -OCH3 is 1. The van der Waals surface area contributed by atoms with Gasteiger partial charge in [-0.1, -0.05) is 0 Å². The lowest BCUT2D eigenvalue weighted by Gasteiger charge is -2.25. The number of aromatic carboxylic acids is 1. The standard InChI is InChI=1S/C28H29N5O5S/c1-38-26-16(7-8-17-24(26)33(15-5-6-15)12-19(25(17)34)28(36)37)23-10-18-21(3-2-4-22(18)39-23)32-27(35)20(29)9-14-11-30-13-31-14/h7-8,10-13,15,20-21H,2-6,9,29H2,1H3,(H,30,31)(H,32,35)(H,36,37)/t20-,21?/m1/s1. The minimum Gasteiger partial charge on any atom is -0.494 e. The highest BCUT2D eigenvalue weighted by atomic mass is 32.1. The van der Waals surface area contributed by atoms with Crippen molar-refractivity contribution in [2.75, 3.05) is 7.11 Å². The Kier molecular flexibility index (Phi) is 6.48. The van der Waals surface area contributed by atoms with Crippen LogP contribution in [0.5, 0.6) is 5.75 Å². The number of benzene rings is 1. The number of carbonyl (C=O) groups excluding carboxylic acids is 1. The summed E-state index contributed by atoms with van der Waals surface area (Å²) < 4.78 is 7.79. The number of aromatic nitrogens is 3. The number of nitrogens with two attached hydrogens (primary N) is 1. The first-order valence-electron chi connectivity index (χ1n) is 13.0. The number of H-pyrrole nitrogens is 1. The first-order valence-corrected chi connectivity index (χ1v) is 13.8.